The Morgan fingerprint density at radius 1 is 1.06 bits per heavy atom. The molecule has 0 unspecified atom stereocenters. The van der Waals surface area contributed by atoms with Crippen molar-refractivity contribution in [1.82, 2.24) is 9.88 Å². The van der Waals surface area contributed by atoms with E-state index in [1.54, 1.807) is 5.38 Å². The predicted octanol–water partition coefficient (Wildman–Crippen LogP) is 2.94. The fourth-order valence-electron chi connectivity index (χ4n) is 7.10. The first-order valence-corrected chi connectivity index (χ1v) is 13.0. The Labute approximate surface area is 200 Å². The second-order valence-corrected chi connectivity index (χ2v) is 11.0. The van der Waals surface area contributed by atoms with Gasteiger partial charge in [-0.1, -0.05) is 32.4 Å². The number of amides is 2. The molecule has 1 spiro atoms. The van der Waals surface area contributed by atoms with Crippen LogP contribution in [0.2, 0.25) is 0 Å². The minimum atomic E-state index is -1.12. The number of ketones is 1. The molecule has 4 rings (SSSR count). The van der Waals surface area contributed by atoms with Crippen molar-refractivity contribution in [2.24, 2.45) is 39.5 Å². The van der Waals surface area contributed by atoms with Gasteiger partial charge in [0.1, 0.15) is 5.69 Å². The third kappa shape index (κ3) is 3.40. The van der Waals surface area contributed by atoms with Gasteiger partial charge in [-0.25, -0.2) is 4.98 Å². The van der Waals surface area contributed by atoms with E-state index in [0.717, 1.165) is 45.3 Å². The number of carbonyl (C=O) groups is 3. The minimum absolute atomic E-state index is 0.0688. The van der Waals surface area contributed by atoms with Crippen LogP contribution in [0.4, 0.5) is 0 Å². The van der Waals surface area contributed by atoms with Gasteiger partial charge in [0, 0.05) is 18.7 Å². The lowest BCUT2D eigenvalue weighted by atomic mass is 9.53. The lowest BCUT2D eigenvalue weighted by Crippen LogP contribution is -2.60. The fraction of sp³-hybridized carbons (Fsp3) is 0.680. The van der Waals surface area contributed by atoms with Crippen molar-refractivity contribution >= 4 is 28.9 Å². The Hall–Kier alpha value is -2.06. The Bertz CT molecular complexity index is 980. The Balaban J connectivity index is 1.73. The summed E-state index contributed by atoms with van der Waals surface area (Å²) in [7, 11) is 0. The van der Waals surface area contributed by atoms with Gasteiger partial charge in [0.2, 0.25) is 11.8 Å². The lowest BCUT2D eigenvalue weighted by Gasteiger charge is -2.47. The van der Waals surface area contributed by atoms with Crippen LogP contribution in [-0.4, -0.2) is 47.1 Å². The van der Waals surface area contributed by atoms with Crippen LogP contribution in [-0.2, 0) is 16.0 Å². The number of Topliss-reactive ketones (excluding diaryl/α,β-unsaturated/α-hetero) is 1. The van der Waals surface area contributed by atoms with E-state index in [2.05, 4.69) is 35.9 Å². The zero-order chi connectivity index (χ0) is 24.0. The summed E-state index contributed by atoms with van der Waals surface area (Å²) in [6.07, 6.45) is 8.75. The molecule has 7 nitrogen and oxygen atoms in total. The van der Waals surface area contributed by atoms with Gasteiger partial charge >= 0.3 is 0 Å². The van der Waals surface area contributed by atoms with Gasteiger partial charge in [0.25, 0.3) is 0 Å². The van der Waals surface area contributed by atoms with Gasteiger partial charge < -0.3 is 16.4 Å². The second-order valence-electron chi connectivity index (χ2n) is 10.1. The number of rotatable bonds is 12. The summed E-state index contributed by atoms with van der Waals surface area (Å²) in [5, 5.41) is 2.39. The number of nitrogens with zero attached hydrogens (tertiary/aromatic N) is 2. The number of carbonyl (C=O) groups excluding carboxylic acids is 3. The Morgan fingerprint density at radius 3 is 2.15 bits per heavy atom. The average Bonchev–Trinajstić information content (AvgIpc) is 3.19. The number of unbranched alkanes of at least 4 members (excludes halogenated alkanes) is 1. The molecule has 0 aromatic carbocycles. The van der Waals surface area contributed by atoms with E-state index in [0.29, 0.717) is 17.1 Å². The van der Waals surface area contributed by atoms with Gasteiger partial charge in [-0.2, -0.15) is 0 Å². The van der Waals surface area contributed by atoms with Gasteiger partial charge in [0.15, 0.2) is 5.78 Å². The topological polar surface area (TPSA) is 119 Å². The first-order valence-electron chi connectivity index (χ1n) is 12.2. The molecular weight excluding hydrogens is 436 g/mol. The maximum absolute atomic E-state index is 13.4. The number of hydrogen-bond donors (Lipinski definition) is 2. The molecule has 3 aliphatic rings. The number of thiazole rings is 1. The number of primary amides is 2. The molecule has 180 valence electrons. The summed E-state index contributed by atoms with van der Waals surface area (Å²) in [6.45, 7) is 8.70. The largest absolute Gasteiger partial charge is 0.369 e. The first kappa shape index (κ1) is 24.1. The van der Waals surface area contributed by atoms with Crippen LogP contribution in [0.15, 0.2) is 17.5 Å². The molecule has 1 heterocycles. The predicted molar refractivity (Wildman–Crippen MR) is 129 cm³/mol. The molecule has 2 fully saturated rings. The normalized spacial score (nSPS) is 30.9. The second kappa shape index (κ2) is 8.62. The monoisotopic (exact) mass is 472 g/mol. The third-order valence-electron chi connectivity index (χ3n) is 8.83. The smallest absolute Gasteiger partial charge is 0.225 e. The third-order valence-corrected chi connectivity index (χ3v) is 9.68. The summed E-state index contributed by atoms with van der Waals surface area (Å²) in [6, 6.07) is 0. The maximum atomic E-state index is 13.4. The molecule has 1 aromatic heterocycles. The first-order chi connectivity index (χ1) is 15.7. The summed E-state index contributed by atoms with van der Waals surface area (Å²) in [5.41, 5.74) is 10.6. The molecule has 4 atom stereocenters. The van der Waals surface area contributed by atoms with Crippen LogP contribution in [0.3, 0.4) is 0 Å². The molecule has 4 N–H and O–H groups in total. The van der Waals surface area contributed by atoms with E-state index >= 15 is 0 Å². The molecule has 8 heteroatoms. The summed E-state index contributed by atoms with van der Waals surface area (Å²) in [4.78, 5) is 45.5. The van der Waals surface area contributed by atoms with Crippen molar-refractivity contribution in [2.75, 3.05) is 19.6 Å². The summed E-state index contributed by atoms with van der Waals surface area (Å²) >= 11 is 1.36. The van der Waals surface area contributed by atoms with E-state index in [9.17, 15) is 14.4 Å². The molecule has 0 aliphatic heterocycles. The zero-order valence-electron chi connectivity index (χ0n) is 19.9. The molecule has 33 heavy (non-hydrogen) atoms. The number of hydrogen-bond acceptors (Lipinski definition) is 6. The van der Waals surface area contributed by atoms with E-state index < -0.39 is 22.6 Å². The highest BCUT2D eigenvalue weighted by Gasteiger charge is 2.82. The summed E-state index contributed by atoms with van der Waals surface area (Å²) < 4.78 is 0. The molecular formula is C25H36N4O3S. The van der Waals surface area contributed by atoms with Crippen LogP contribution >= 0.6 is 11.3 Å². The number of nitrogens with two attached hydrogens (primary N) is 2. The van der Waals surface area contributed by atoms with Crippen LogP contribution in [0.1, 0.15) is 68.4 Å². The molecule has 0 saturated heterocycles. The van der Waals surface area contributed by atoms with Gasteiger partial charge in [0.05, 0.1) is 15.8 Å². The van der Waals surface area contributed by atoms with Crippen LogP contribution in [0.25, 0.3) is 0 Å². The summed E-state index contributed by atoms with van der Waals surface area (Å²) in [5.74, 6) is -1.19. The zero-order valence-corrected chi connectivity index (χ0v) is 20.7. The lowest BCUT2D eigenvalue weighted by molar-refractivity contribution is -0.151. The van der Waals surface area contributed by atoms with Gasteiger partial charge in [-0.15, -0.1) is 11.3 Å². The number of allylic oxidation sites excluding steroid dienone is 2. The molecule has 0 radical (unpaired) electrons. The standard InChI is InChI=1S/C25H36N4O3S/c1-4-29(5-2)13-7-6-10-24(21(26)31)18-8-9-19(23(18)11-12-23)25(24,22(27)32)14-20-28-17(15-33-20)16(3)30/h8-9,15,18-19H,4-7,10-14H2,1-3H3,(H2,26,31)(H2,27,32)/t18-,19+,24+,25+/m1/s1. The van der Waals surface area contributed by atoms with Gasteiger partial charge in [-0.05, 0) is 62.6 Å². The number of aromatic nitrogens is 1. The molecule has 2 saturated carbocycles. The molecule has 2 bridgehead atoms. The highest BCUT2D eigenvalue weighted by Crippen LogP contribution is 2.81. The van der Waals surface area contributed by atoms with Crippen LogP contribution < -0.4 is 11.5 Å². The van der Waals surface area contributed by atoms with Crippen molar-refractivity contribution in [3.05, 3.63) is 28.2 Å². The van der Waals surface area contributed by atoms with E-state index in [-0.39, 0.29) is 29.5 Å². The fourth-order valence-corrected chi connectivity index (χ4v) is 8.03. The van der Waals surface area contributed by atoms with E-state index in [1.807, 2.05) is 0 Å². The SMILES string of the molecule is CCN(CC)CCCC[C@@]1(C(N)=O)[C@@H]2C=C[C@@H](C23CC3)[C@@]1(Cc1nc(C(C)=O)cs1)C(N)=O. The molecule has 1 aromatic rings. The molecule has 2 amide bonds. The van der Waals surface area contributed by atoms with E-state index in [4.69, 9.17) is 11.5 Å². The Morgan fingerprint density at radius 2 is 1.67 bits per heavy atom. The molecule has 3 aliphatic carbocycles. The van der Waals surface area contributed by atoms with Crippen molar-refractivity contribution < 1.29 is 14.4 Å². The van der Waals surface area contributed by atoms with Crippen molar-refractivity contribution in [3.8, 4) is 0 Å². The van der Waals surface area contributed by atoms with Crippen LogP contribution in [0, 0.1) is 28.1 Å². The van der Waals surface area contributed by atoms with Crippen LogP contribution in [0.5, 0.6) is 0 Å². The van der Waals surface area contributed by atoms with E-state index in [1.165, 1.54) is 18.3 Å². The quantitative estimate of drug-likeness (QED) is 0.275. The van der Waals surface area contributed by atoms with Gasteiger partial charge in [-0.3, -0.25) is 14.4 Å². The highest BCUT2D eigenvalue weighted by molar-refractivity contribution is 7.09. The average molecular weight is 473 g/mol. The Kier molecular flexibility index (Phi) is 6.29. The minimum Gasteiger partial charge on any atom is -0.369 e. The van der Waals surface area contributed by atoms with Crippen molar-refractivity contribution in [1.29, 1.82) is 0 Å². The van der Waals surface area contributed by atoms with Crippen molar-refractivity contribution in [3.63, 3.8) is 0 Å². The highest BCUT2D eigenvalue weighted by atomic mass is 32.1. The maximum Gasteiger partial charge on any atom is 0.225 e. The van der Waals surface area contributed by atoms with Crippen molar-refractivity contribution in [2.45, 2.75) is 59.3 Å².